The van der Waals surface area contributed by atoms with Crippen molar-refractivity contribution in [2.24, 2.45) is 4.99 Å². The van der Waals surface area contributed by atoms with Gasteiger partial charge in [0, 0.05) is 24.7 Å². The number of thioether (sulfide) groups is 1. The van der Waals surface area contributed by atoms with Crippen molar-refractivity contribution in [3.05, 3.63) is 53.1 Å². The fraction of sp³-hybridized carbons (Fsp3) is 0.222. The Bertz CT molecular complexity index is 786. The molecule has 0 spiro atoms. The average Bonchev–Trinajstić information content (AvgIpc) is 3.31. The highest BCUT2D eigenvalue weighted by Gasteiger charge is 2.27. The number of amides is 1. The third-order valence-electron chi connectivity index (χ3n) is 3.94. The van der Waals surface area contributed by atoms with Crippen LogP contribution in [0.25, 0.3) is 17.4 Å². The molecule has 0 aliphatic carbocycles. The van der Waals surface area contributed by atoms with E-state index >= 15 is 0 Å². The zero-order valence-electron chi connectivity index (χ0n) is 12.6. The summed E-state index contributed by atoms with van der Waals surface area (Å²) in [5.41, 5.74) is 1.02. The Morgan fingerprint density at radius 1 is 1.09 bits per heavy atom. The molecule has 23 heavy (non-hydrogen) atoms. The van der Waals surface area contributed by atoms with Gasteiger partial charge >= 0.3 is 0 Å². The highest BCUT2D eigenvalue weighted by atomic mass is 32.2. The minimum Gasteiger partial charge on any atom is -0.457 e. The summed E-state index contributed by atoms with van der Waals surface area (Å²) < 4.78 is 5.83. The highest BCUT2D eigenvalue weighted by molar-refractivity contribution is 8.18. The molecular weight excluding hydrogens is 308 g/mol. The summed E-state index contributed by atoms with van der Waals surface area (Å²) in [5, 5.41) is 0.827. The maximum absolute atomic E-state index is 12.1. The fourth-order valence-electron chi connectivity index (χ4n) is 2.76. The molecule has 0 saturated carbocycles. The Morgan fingerprint density at radius 3 is 2.65 bits per heavy atom. The number of carbonyl (C=O) groups is 1. The molecular formula is C18H16N2O2S. The molecule has 4 rings (SSSR count). The molecule has 1 amide bonds. The predicted octanol–water partition coefficient (Wildman–Crippen LogP) is 4.01. The largest absolute Gasteiger partial charge is 0.457 e. The van der Waals surface area contributed by atoms with Gasteiger partial charge in [-0.15, -0.1) is 0 Å². The number of hydrogen-bond acceptors (Lipinski definition) is 4. The maximum atomic E-state index is 12.1. The van der Waals surface area contributed by atoms with Gasteiger partial charge in [0.25, 0.3) is 5.91 Å². The average molecular weight is 324 g/mol. The van der Waals surface area contributed by atoms with Crippen LogP contribution in [0.4, 0.5) is 0 Å². The van der Waals surface area contributed by atoms with Gasteiger partial charge in [0.1, 0.15) is 11.5 Å². The topological polar surface area (TPSA) is 45.8 Å². The van der Waals surface area contributed by atoms with E-state index in [0.29, 0.717) is 10.7 Å². The van der Waals surface area contributed by atoms with Crippen LogP contribution in [-0.2, 0) is 4.79 Å². The molecule has 0 N–H and O–H groups in total. The van der Waals surface area contributed by atoms with Crippen molar-refractivity contribution in [1.29, 1.82) is 0 Å². The smallest absolute Gasteiger partial charge is 0.286 e. The minimum absolute atomic E-state index is 0.172. The summed E-state index contributed by atoms with van der Waals surface area (Å²) in [6, 6.07) is 13.7. The van der Waals surface area contributed by atoms with Gasteiger partial charge in [-0.3, -0.25) is 4.79 Å². The molecule has 1 aromatic heterocycles. The van der Waals surface area contributed by atoms with E-state index in [1.807, 2.05) is 42.5 Å². The van der Waals surface area contributed by atoms with Crippen molar-refractivity contribution in [3.8, 4) is 11.3 Å². The lowest BCUT2D eigenvalue weighted by Gasteiger charge is -2.14. The summed E-state index contributed by atoms with van der Waals surface area (Å²) in [7, 11) is 0. The normalized spacial score (nSPS) is 19.7. The first kappa shape index (κ1) is 14.3. The molecule has 0 radical (unpaired) electrons. The Hall–Kier alpha value is -2.27. The monoisotopic (exact) mass is 324 g/mol. The van der Waals surface area contributed by atoms with Crippen LogP contribution < -0.4 is 0 Å². The van der Waals surface area contributed by atoms with Gasteiger partial charge in [0.15, 0.2) is 5.17 Å². The fourth-order valence-corrected chi connectivity index (χ4v) is 3.70. The Morgan fingerprint density at radius 2 is 1.87 bits per heavy atom. The SMILES string of the molecule is O=C1N=C(N2CCCC2)SC1=Cc1ccc(-c2ccccc2)o1. The molecule has 2 aliphatic rings. The first-order valence-corrected chi connectivity index (χ1v) is 8.54. The molecule has 1 fully saturated rings. The number of hydrogen-bond donors (Lipinski definition) is 0. The Kier molecular flexibility index (Phi) is 3.79. The molecule has 1 aromatic carbocycles. The molecule has 5 heteroatoms. The van der Waals surface area contributed by atoms with Crippen LogP contribution in [0, 0.1) is 0 Å². The van der Waals surface area contributed by atoms with E-state index in [1.165, 1.54) is 24.6 Å². The Labute approximate surface area is 138 Å². The first-order valence-electron chi connectivity index (χ1n) is 7.72. The van der Waals surface area contributed by atoms with Crippen molar-refractivity contribution in [2.45, 2.75) is 12.8 Å². The number of likely N-dealkylation sites (tertiary alicyclic amines) is 1. The molecule has 1 saturated heterocycles. The lowest BCUT2D eigenvalue weighted by atomic mass is 10.2. The van der Waals surface area contributed by atoms with Gasteiger partial charge in [0.05, 0.1) is 4.91 Å². The molecule has 3 heterocycles. The van der Waals surface area contributed by atoms with Gasteiger partial charge in [-0.05, 0) is 36.7 Å². The van der Waals surface area contributed by atoms with Crippen molar-refractivity contribution < 1.29 is 9.21 Å². The van der Waals surface area contributed by atoms with Crippen LogP contribution in [0.5, 0.6) is 0 Å². The van der Waals surface area contributed by atoms with E-state index in [0.717, 1.165) is 29.6 Å². The van der Waals surface area contributed by atoms with Gasteiger partial charge < -0.3 is 9.32 Å². The zero-order chi connectivity index (χ0) is 15.6. The number of benzene rings is 1. The highest BCUT2D eigenvalue weighted by Crippen LogP contribution is 2.32. The summed E-state index contributed by atoms with van der Waals surface area (Å²) in [5.74, 6) is 1.31. The van der Waals surface area contributed by atoms with Gasteiger partial charge in [0.2, 0.25) is 0 Å². The molecule has 2 aliphatic heterocycles. The van der Waals surface area contributed by atoms with Gasteiger partial charge in [-0.2, -0.15) is 4.99 Å². The standard InChI is InChI=1S/C18H16N2O2S/c21-17-16(23-18(19-17)20-10-4-5-11-20)12-14-8-9-15(22-14)13-6-2-1-3-7-13/h1-3,6-9,12H,4-5,10-11H2. The number of nitrogens with zero attached hydrogens (tertiary/aromatic N) is 2. The molecule has 4 nitrogen and oxygen atoms in total. The van der Waals surface area contributed by atoms with Crippen LogP contribution in [0.1, 0.15) is 18.6 Å². The van der Waals surface area contributed by atoms with E-state index in [2.05, 4.69) is 9.89 Å². The summed E-state index contributed by atoms with van der Waals surface area (Å²) in [4.78, 5) is 19.1. The van der Waals surface area contributed by atoms with Crippen molar-refractivity contribution in [3.63, 3.8) is 0 Å². The third kappa shape index (κ3) is 2.97. The summed E-state index contributed by atoms with van der Waals surface area (Å²) >= 11 is 1.44. The van der Waals surface area contributed by atoms with Crippen molar-refractivity contribution >= 4 is 28.9 Å². The van der Waals surface area contributed by atoms with Gasteiger partial charge in [-0.1, -0.05) is 30.3 Å². The van der Waals surface area contributed by atoms with E-state index in [1.54, 1.807) is 6.08 Å². The van der Waals surface area contributed by atoms with E-state index < -0.39 is 0 Å². The van der Waals surface area contributed by atoms with E-state index in [4.69, 9.17) is 4.42 Å². The van der Waals surface area contributed by atoms with Crippen molar-refractivity contribution in [1.82, 2.24) is 4.90 Å². The van der Waals surface area contributed by atoms with Crippen LogP contribution in [-0.4, -0.2) is 29.1 Å². The third-order valence-corrected chi connectivity index (χ3v) is 4.99. The molecule has 116 valence electrons. The van der Waals surface area contributed by atoms with Gasteiger partial charge in [-0.25, -0.2) is 0 Å². The molecule has 2 aromatic rings. The predicted molar refractivity (Wildman–Crippen MR) is 93.0 cm³/mol. The van der Waals surface area contributed by atoms with Crippen molar-refractivity contribution in [2.75, 3.05) is 13.1 Å². The molecule has 0 atom stereocenters. The summed E-state index contributed by atoms with van der Waals surface area (Å²) in [6.07, 6.45) is 4.13. The van der Waals surface area contributed by atoms with Crippen LogP contribution in [0.15, 0.2) is 56.8 Å². The Balaban J connectivity index is 1.53. The van der Waals surface area contributed by atoms with E-state index in [-0.39, 0.29) is 5.91 Å². The number of carbonyl (C=O) groups excluding carboxylic acids is 1. The quantitative estimate of drug-likeness (QED) is 0.783. The van der Waals surface area contributed by atoms with E-state index in [9.17, 15) is 4.79 Å². The lowest BCUT2D eigenvalue weighted by Crippen LogP contribution is -2.23. The van der Waals surface area contributed by atoms with Crippen LogP contribution >= 0.6 is 11.8 Å². The minimum atomic E-state index is -0.172. The lowest BCUT2D eigenvalue weighted by molar-refractivity contribution is -0.113. The number of amidine groups is 1. The second-order valence-corrected chi connectivity index (χ2v) is 6.58. The first-order chi connectivity index (χ1) is 11.3. The molecule has 0 unspecified atom stereocenters. The second kappa shape index (κ2) is 6.08. The molecule has 0 bridgehead atoms. The number of aliphatic imine (C=N–C) groups is 1. The summed E-state index contributed by atoms with van der Waals surface area (Å²) in [6.45, 7) is 1.98. The van der Waals surface area contributed by atoms with Crippen LogP contribution in [0.2, 0.25) is 0 Å². The van der Waals surface area contributed by atoms with Crippen LogP contribution in [0.3, 0.4) is 0 Å². The zero-order valence-corrected chi connectivity index (χ0v) is 13.4. The number of rotatable bonds is 2. The maximum Gasteiger partial charge on any atom is 0.286 e. The second-order valence-electron chi connectivity index (χ2n) is 5.57. The number of furan rings is 1.